The van der Waals surface area contributed by atoms with Crippen LogP contribution in [0.2, 0.25) is 0 Å². The Labute approximate surface area is 276 Å². The van der Waals surface area contributed by atoms with E-state index in [-0.39, 0.29) is 25.6 Å². The Bertz CT molecular complexity index is 758. The van der Waals surface area contributed by atoms with Gasteiger partial charge in [-0.3, -0.25) is 18.6 Å². The lowest BCUT2D eigenvalue weighted by Gasteiger charge is -2.24. The van der Waals surface area contributed by atoms with Crippen LogP contribution in [-0.2, 0) is 32.7 Å². The Morgan fingerprint density at radius 2 is 1.00 bits per heavy atom. The highest BCUT2D eigenvalue weighted by Crippen LogP contribution is 2.43. The van der Waals surface area contributed by atoms with E-state index in [1.165, 1.54) is 96.3 Å². The van der Waals surface area contributed by atoms with Crippen LogP contribution in [0.1, 0.15) is 162 Å². The van der Waals surface area contributed by atoms with Crippen molar-refractivity contribution in [3.63, 3.8) is 0 Å². The summed E-state index contributed by atoms with van der Waals surface area (Å²) in [5, 5.41) is 0. The molecule has 0 aromatic carbocycles. The number of ether oxygens (including phenoxy) is 2. The summed E-state index contributed by atoms with van der Waals surface area (Å²) >= 11 is 0. The van der Waals surface area contributed by atoms with Gasteiger partial charge in [-0.2, -0.15) is 0 Å². The Morgan fingerprint density at radius 1 is 0.600 bits per heavy atom. The highest BCUT2D eigenvalue weighted by Gasteiger charge is 2.27. The molecule has 0 aromatic rings. The van der Waals surface area contributed by atoms with Gasteiger partial charge in [-0.1, -0.05) is 136 Å². The number of hydrogen-bond acceptors (Lipinski definition) is 7. The number of likely N-dealkylation sites (N-methyl/N-ethyl adjacent to an activating group) is 1. The van der Waals surface area contributed by atoms with Crippen molar-refractivity contribution in [2.75, 3.05) is 47.5 Å². The van der Waals surface area contributed by atoms with Gasteiger partial charge in [-0.05, 0) is 12.8 Å². The summed E-state index contributed by atoms with van der Waals surface area (Å²) in [6.07, 6.45) is 24.3. The average Bonchev–Trinajstić information content (AvgIpc) is 2.97. The third-order valence-corrected chi connectivity index (χ3v) is 8.87. The van der Waals surface area contributed by atoms with Gasteiger partial charge in [-0.25, -0.2) is 4.57 Å². The van der Waals surface area contributed by atoms with Gasteiger partial charge in [0.1, 0.15) is 19.8 Å². The normalized spacial score (nSPS) is 13.8. The van der Waals surface area contributed by atoms with E-state index in [0.29, 0.717) is 23.9 Å². The lowest BCUT2D eigenvalue weighted by atomic mass is 10.1. The number of esters is 2. The quantitative estimate of drug-likeness (QED) is 0.0320. The van der Waals surface area contributed by atoms with E-state index < -0.39 is 26.5 Å². The highest BCUT2D eigenvalue weighted by atomic mass is 31.2. The minimum absolute atomic E-state index is 0.0361. The van der Waals surface area contributed by atoms with Gasteiger partial charge in [0.2, 0.25) is 0 Å². The van der Waals surface area contributed by atoms with Gasteiger partial charge < -0.3 is 18.9 Å². The van der Waals surface area contributed by atoms with Crippen molar-refractivity contribution in [2.45, 2.75) is 168 Å². The van der Waals surface area contributed by atoms with Crippen LogP contribution in [-0.4, -0.2) is 74.9 Å². The largest absolute Gasteiger partial charge is 0.472 e. The Kier molecular flexibility index (Phi) is 28.5. The Balaban J connectivity index is 4.46. The zero-order valence-electron chi connectivity index (χ0n) is 29.9. The number of nitrogens with zero attached hydrogens (tertiary/aromatic N) is 1. The van der Waals surface area contributed by atoms with Crippen molar-refractivity contribution in [3.8, 4) is 0 Å². The molecule has 0 spiro atoms. The first-order valence-corrected chi connectivity index (χ1v) is 19.8. The summed E-state index contributed by atoms with van der Waals surface area (Å²) in [5.41, 5.74) is 0. The van der Waals surface area contributed by atoms with Gasteiger partial charge in [0.05, 0.1) is 27.7 Å². The topological polar surface area (TPSA) is 108 Å². The fourth-order valence-corrected chi connectivity index (χ4v) is 5.70. The highest BCUT2D eigenvalue weighted by molar-refractivity contribution is 7.47. The molecule has 2 unspecified atom stereocenters. The van der Waals surface area contributed by atoms with Gasteiger partial charge in [0.25, 0.3) is 0 Å². The summed E-state index contributed by atoms with van der Waals surface area (Å²) < 4.78 is 34.1. The number of phosphoric ester groups is 1. The second kappa shape index (κ2) is 29.2. The van der Waals surface area contributed by atoms with Gasteiger partial charge in [0.15, 0.2) is 6.10 Å². The molecule has 0 rings (SSSR count). The second-order valence-corrected chi connectivity index (χ2v) is 15.1. The first-order chi connectivity index (χ1) is 21.5. The van der Waals surface area contributed by atoms with Gasteiger partial charge in [-0.15, -0.1) is 0 Å². The maximum absolute atomic E-state index is 12.6. The van der Waals surface area contributed by atoms with Gasteiger partial charge >= 0.3 is 19.8 Å². The van der Waals surface area contributed by atoms with Crippen molar-refractivity contribution in [2.24, 2.45) is 0 Å². The van der Waals surface area contributed by atoms with E-state index >= 15 is 0 Å². The summed E-state index contributed by atoms with van der Waals surface area (Å²) in [5.74, 6) is -0.795. The number of rotatable bonds is 33. The molecule has 9 nitrogen and oxygen atoms in total. The molecule has 0 saturated heterocycles. The van der Waals surface area contributed by atoms with Gasteiger partial charge in [0, 0.05) is 12.8 Å². The van der Waals surface area contributed by atoms with Crippen LogP contribution in [0.5, 0.6) is 0 Å². The van der Waals surface area contributed by atoms with E-state index in [0.717, 1.165) is 32.1 Å². The van der Waals surface area contributed by atoms with Crippen LogP contribution in [0.25, 0.3) is 0 Å². The molecule has 0 saturated carbocycles. The minimum atomic E-state index is -4.35. The number of hydrogen-bond donors (Lipinski definition) is 1. The van der Waals surface area contributed by atoms with E-state index in [1.54, 1.807) is 0 Å². The molecule has 0 aliphatic carbocycles. The van der Waals surface area contributed by atoms with Crippen molar-refractivity contribution < 1.29 is 42.1 Å². The molecule has 0 aliphatic heterocycles. The molecule has 0 heterocycles. The fourth-order valence-electron chi connectivity index (χ4n) is 4.95. The second-order valence-electron chi connectivity index (χ2n) is 13.6. The number of phosphoric acid groups is 1. The van der Waals surface area contributed by atoms with Crippen LogP contribution in [0.4, 0.5) is 0 Å². The molecule has 2 atom stereocenters. The zero-order chi connectivity index (χ0) is 33.7. The SMILES string of the molecule is CCCCCCCCCCCCCC(=O)OC(COC(=O)CCCCCCCCCCCC)COP(=O)(O)OCC[N+](C)(C)C. The Morgan fingerprint density at radius 3 is 1.42 bits per heavy atom. The standard InChI is InChI=1S/C35H70NO8P/c1-6-8-10-12-14-16-18-20-22-24-26-28-35(38)44-33(32-43-45(39,40)42-30-29-36(3,4)5)31-41-34(37)27-25-23-21-19-17-15-13-11-9-7-2/h33H,6-32H2,1-5H3/p+1. The van der Waals surface area contributed by atoms with Crippen LogP contribution in [0, 0.1) is 0 Å². The maximum Gasteiger partial charge on any atom is 0.472 e. The molecular formula is C35H71NO8P+. The minimum Gasteiger partial charge on any atom is -0.462 e. The number of carbonyl (C=O) groups excluding carboxylic acids is 2. The summed E-state index contributed by atoms with van der Waals surface area (Å²) in [6.45, 7) is 4.39. The van der Waals surface area contributed by atoms with E-state index in [1.807, 2.05) is 21.1 Å². The molecule has 268 valence electrons. The average molecular weight is 665 g/mol. The predicted octanol–water partition coefficient (Wildman–Crippen LogP) is 9.29. The van der Waals surface area contributed by atoms with Crippen molar-refractivity contribution in [1.29, 1.82) is 0 Å². The molecule has 0 bridgehead atoms. The molecule has 0 radical (unpaired) electrons. The molecule has 1 N–H and O–H groups in total. The van der Waals surface area contributed by atoms with Crippen molar-refractivity contribution in [1.82, 2.24) is 0 Å². The predicted molar refractivity (Wildman–Crippen MR) is 183 cm³/mol. The number of unbranched alkanes of at least 4 members (excludes halogenated alkanes) is 19. The first kappa shape index (κ1) is 44.0. The van der Waals surface area contributed by atoms with Crippen LogP contribution >= 0.6 is 7.82 Å². The third-order valence-electron chi connectivity index (χ3n) is 7.89. The zero-order valence-corrected chi connectivity index (χ0v) is 30.8. The van der Waals surface area contributed by atoms with E-state index in [2.05, 4.69) is 13.8 Å². The lowest BCUT2D eigenvalue weighted by molar-refractivity contribution is -0.870. The van der Waals surface area contributed by atoms with Crippen LogP contribution in [0.3, 0.4) is 0 Å². The van der Waals surface area contributed by atoms with E-state index in [4.69, 9.17) is 18.5 Å². The molecule has 0 aromatic heterocycles. The van der Waals surface area contributed by atoms with Crippen LogP contribution < -0.4 is 0 Å². The fraction of sp³-hybridized carbons (Fsp3) is 0.943. The number of carbonyl (C=O) groups is 2. The summed E-state index contributed by atoms with van der Waals surface area (Å²) in [6, 6.07) is 0. The summed E-state index contributed by atoms with van der Waals surface area (Å²) in [7, 11) is 1.49. The smallest absolute Gasteiger partial charge is 0.462 e. The molecule has 0 aliphatic rings. The first-order valence-electron chi connectivity index (χ1n) is 18.3. The molecule has 0 fully saturated rings. The molecule has 45 heavy (non-hydrogen) atoms. The Hall–Kier alpha value is -0.990. The molecule has 0 amide bonds. The lowest BCUT2D eigenvalue weighted by Crippen LogP contribution is -2.37. The maximum atomic E-state index is 12.6. The monoisotopic (exact) mass is 664 g/mol. The molecular weight excluding hydrogens is 593 g/mol. The molecule has 10 heteroatoms. The summed E-state index contributed by atoms with van der Waals surface area (Å²) in [4.78, 5) is 35.0. The number of quaternary nitrogens is 1. The van der Waals surface area contributed by atoms with E-state index in [9.17, 15) is 19.0 Å². The van der Waals surface area contributed by atoms with Crippen molar-refractivity contribution >= 4 is 19.8 Å². The van der Waals surface area contributed by atoms with Crippen molar-refractivity contribution in [3.05, 3.63) is 0 Å². The van der Waals surface area contributed by atoms with Crippen LogP contribution in [0.15, 0.2) is 0 Å². The third kappa shape index (κ3) is 32.7.